The molecule has 5 nitrogen and oxygen atoms in total. The van der Waals surface area contributed by atoms with Gasteiger partial charge < -0.3 is 14.4 Å². The van der Waals surface area contributed by atoms with Crippen molar-refractivity contribution in [3.05, 3.63) is 79.5 Å². The summed E-state index contributed by atoms with van der Waals surface area (Å²) in [7, 11) is 0. The summed E-state index contributed by atoms with van der Waals surface area (Å²) in [6.07, 6.45) is 3.43. The maximum absolute atomic E-state index is 14.0. The lowest BCUT2D eigenvalue weighted by Crippen LogP contribution is -2.44. The molecule has 0 spiro atoms. The maximum atomic E-state index is 14.0. The molecule has 5 rings (SSSR count). The number of allylic oxidation sites excluding steroid dienone is 4. The summed E-state index contributed by atoms with van der Waals surface area (Å²) >= 11 is 2.25. The number of nitrogens with zero attached hydrogens (tertiary/aromatic N) is 1. The van der Waals surface area contributed by atoms with Crippen LogP contribution in [0.15, 0.2) is 58.9 Å². The molecule has 0 unspecified atom stereocenters. The van der Waals surface area contributed by atoms with E-state index in [0.29, 0.717) is 30.9 Å². The summed E-state index contributed by atoms with van der Waals surface area (Å²) < 4.78 is 26.6. The smallest absolute Gasteiger partial charge is 0.174 e. The van der Waals surface area contributed by atoms with Gasteiger partial charge in [0.1, 0.15) is 12.4 Å². The van der Waals surface area contributed by atoms with E-state index in [-0.39, 0.29) is 34.8 Å². The predicted molar refractivity (Wildman–Crippen MR) is 171 cm³/mol. The van der Waals surface area contributed by atoms with E-state index in [1.54, 1.807) is 12.1 Å². The fraction of sp³-hybridized carbons (Fsp3) is 0.486. The highest BCUT2D eigenvalue weighted by Gasteiger charge is 2.49. The molecule has 3 aliphatic rings. The minimum Gasteiger partial charge on any atom is -0.490 e. The first-order valence-electron chi connectivity index (χ1n) is 15.0. The van der Waals surface area contributed by atoms with Crippen LogP contribution in [0.4, 0.5) is 4.39 Å². The number of halogens is 2. The van der Waals surface area contributed by atoms with Crippen LogP contribution in [-0.2, 0) is 16.2 Å². The Balaban J connectivity index is 1.66. The van der Waals surface area contributed by atoms with Gasteiger partial charge in [-0.2, -0.15) is 0 Å². The van der Waals surface area contributed by atoms with Gasteiger partial charge in [-0.15, -0.1) is 0 Å². The molecular formula is C35H41FINO4. The van der Waals surface area contributed by atoms with E-state index in [1.165, 1.54) is 12.1 Å². The molecule has 0 saturated carbocycles. The molecule has 0 aromatic heterocycles. The Bertz CT molecular complexity index is 1420. The van der Waals surface area contributed by atoms with Crippen molar-refractivity contribution in [2.45, 2.75) is 86.2 Å². The predicted octanol–water partition coefficient (Wildman–Crippen LogP) is 8.50. The van der Waals surface area contributed by atoms with Gasteiger partial charge in [0.2, 0.25) is 0 Å². The molecule has 1 heterocycles. The molecule has 0 atom stereocenters. The van der Waals surface area contributed by atoms with Crippen molar-refractivity contribution in [1.29, 1.82) is 0 Å². The lowest BCUT2D eigenvalue weighted by atomic mass is 9.63. The molecule has 0 radical (unpaired) electrons. The topological polar surface area (TPSA) is 55.8 Å². The van der Waals surface area contributed by atoms with Crippen LogP contribution in [0.1, 0.15) is 90.7 Å². The van der Waals surface area contributed by atoms with E-state index in [1.807, 2.05) is 19.1 Å². The molecule has 0 saturated heterocycles. The fourth-order valence-corrected chi connectivity index (χ4v) is 7.55. The third-order valence-corrected chi connectivity index (χ3v) is 9.23. The van der Waals surface area contributed by atoms with Gasteiger partial charge in [-0.3, -0.25) is 9.59 Å². The minimum atomic E-state index is -0.436. The fourth-order valence-electron chi connectivity index (χ4n) is 6.77. The van der Waals surface area contributed by atoms with Gasteiger partial charge in [0.15, 0.2) is 23.1 Å². The molecule has 0 amide bonds. The first kappa shape index (κ1) is 30.8. The lowest BCUT2D eigenvalue weighted by molar-refractivity contribution is -0.119. The summed E-state index contributed by atoms with van der Waals surface area (Å²) in [4.78, 5) is 30.4. The molecule has 1 aliphatic heterocycles. The van der Waals surface area contributed by atoms with Crippen molar-refractivity contribution in [3.8, 4) is 11.5 Å². The molecule has 0 fully saturated rings. The van der Waals surface area contributed by atoms with Crippen LogP contribution in [0.25, 0.3) is 0 Å². The maximum Gasteiger partial charge on any atom is 0.174 e. The monoisotopic (exact) mass is 685 g/mol. The van der Waals surface area contributed by atoms with Crippen molar-refractivity contribution in [3.63, 3.8) is 0 Å². The number of rotatable bonds is 8. The largest absolute Gasteiger partial charge is 0.490 e. The van der Waals surface area contributed by atoms with Crippen LogP contribution >= 0.6 is 22.6 Å². The van der Waals surface area contributed by atoms with Crippen LogP contribution < -0.4 is 9.47 Å². The second kappa shape index (κ2) is 11.8. The van der Waals surface area contributed by atoms with E-state index in [0.717, 1.165) is 63.0 Å². The SMILES string of the molecule is CCCN1C2=C(C(=O)CC(C)(C)C2)C(c2cc(I)c(OCc3ccc(F)cc3)c(OCC)c2)C2=C1CC(C)(C)CC2=O. The second-order valence-electron chi connectivity index (χ2n) is 13.4. The Morgan fingerprint density at radius 2 is 1.45 bits per heavy atom. The summed E-state index contributed by atoms with van der Waals surface area (Å²) in [5.41, 5.74) is 5.13. The molecular weight excluding hydrogens is 644 g/mol. The molecule has 7 heteroatoms. The Morgan fingerprint density at radius 3 is 1.98 bits per heavy atom. The van der Waals surface area contributed by atoms with Crippen molar-refractivity contribution in [1.82, 2.24) is 4.90 Å². The Kier molecular flexibility index (Phi) is 8.63. The summed E-state index contributed by atoms with van der Waals surface area (Å²) in [5.74, 6) is 0.705. The number of ether oxygens (including phenoxy) is 2. The van der Waals surface area contributed by atoms with E-state index >= 15 is 0 Å². The number of Topliss-reactive ketones (excluding diaryl/α,β-unsaturated/α-hetero) is 2. The molecule has 0 bridgehead atoms. The Hall–Kier alpha value is -2.68. The lowest BCUT2D eigenvalue weighted by Gasteiger charge is -2.49. The quantitative estimate of drug-likeness (QED) is 0.261. The standard InChI is InChI=1S/C35H41FINO4/c1-7-13-38-25-16-34(3,4)18-27(39)31(25)30(32-26(38)17-35(5,6)19-28(32)40)22-14-24(37)33(29(15-22)41-8-2)42-20-21-9-11-23(36)12-10-21/h9-12,14-15,30H,7-8,13,16-20H2,1-6H3. The average Bonchev–Trinajstić information content (AvgIpc) is 2.88. The number of hydrogen-bond donors (Lipinski definition) is 0. The number of benzene rings is 2. The van der Waals surface area contributed by atoms with Crippen LogP contribution in [0, 0.1) is 20.2 Å². The van der Waals surface area contributed by atoms with Crippen LogP contribution in [0.3, 0.4) is 0 Å². The molecule has 2 aliphatic carbocycles. The zero-order valence-corrected chi connectivity index (χ0v) is 27.7. The van der Waals surface area contributed by atoms with Gasteiger partial charge in [-0.1, -0.05) is 46.8 Å². The minimum absolute atomic E-state index is 0.126. The van der Waals surface area contributed by atoms with E-state index < -0.39 is 5.92 Å². The van der Waals surface area contributed by atoms with Crippen molar-refractivity contribution < 1.29 is 23.5 Å². The first-order chi connectivity index (χ1) is 19.8. The zero-order chi connectivity index (χ0) is 30.4. The normalized spacial score (nSPS) is 20.0. The summed E-state index contributed by atoms with van der Waals surface area (Å²) in [5, 5.41) is 0. The highest BCUT2D eigenvalue weighted by atomic mass is 127. The van der Waals surface area contributed by atoms with Gasteiger partial charge in [0, 0.05) is 47.8 Å². The molecule has 2 aromatic rings. The van der Waals surface area contributed by atoms with Crippen LogP contribution in [0.5, 0.6) is 11.5 Å². The number of ketones is 2. The Labute approximate surface area is 262 Å². The highest BCUT2D eigenvalue weighted by Crippen LogP contribution is 2.55. The molecule has 0 N–H and O–H groups in total. The first-order valence-corrected chi connectivity index (χ1v) is 16.1. The van der Waals surface area contributed by atoms with Crippen molar-refractivity contribution in [2.75, 3.05) is 13.2 Å². The molecule has 2 aromatic carbocycles. The number of hydrogen-bond acceptors (Lipinski definition) is 5. The number of carbonyl (C=O) groups is 2. The average molecular weight is 686 g/mol. The number of carbonyl (C=O) groups excluding carboxylic acids is 2. The molecule has 224 valence electrons. The summed E-state index contributed by atoms with van der Waals surface area (Å²) in [6.45, 7) is 14.2. The zero-order valence-electron chi connectivity index (χ0n) is 25.5. The third kappa shape index (κ3) is 6.03. The molecule has 42 heavy (non-hydrogen) atoms. The van der Waals surface area contributed by atoms with Gasteiger partial charge in [0.25, 0.3) is 0 Å². The Morgan fingerprint density at radius 1 is 0.881 bits per heavy atom. The van der Waals surface area contributed by atoms with Crippen molar-refractivity contribution >= 4 is 34.2 Å². The second-order valence-corrected chi connectivity index (χ2v) is 14.5. The van der Waals surface area contributed by atoms with Crippen LogP contribution in [-0.4, -0.2) is 29.6 Å². The van der Waals surface area contributed by atoms with Gasteiger partial charge in [0.05, 0.1) is 10.2 Å². The van der Waals surface area contributed by atoms with Gasteiger partial charge >= 0.3 is 0 Å². The van der Waals surface area contributed by atoms with Crippen LogP contribution in [0.2, 0.25) is 0 Å². The van der Waals surface area contributed by atoms with Crippen molar-refractivity contribution in [2.24, 2.45) is 10.8 Å². The van der Waals surface area contributed by atoms with E-state index in [2.05, 4.69) is 62.1 Å². The summed E-state index contributed by atoms with van der Waals surface area (Å²) in [6, 6.07) is 10.2. The van der Waals surface area contributed by atoms with Gasteiger partial charge in [-0.25, -0.2) is 4.39 Å². The van der Waals surface area contributed by atoms with E-state index in [9.17, 15) is 14.0 Å². The highest BCUT2D eigenvalue weighted by molar-refractivity contribution is 14.1. The van der Waals surface area contributed by atoms with E-state index in [4.69, 9.17) is 9.47 Å². The third-order valence-electron chi connectivity index (χ3n) is 8.43. The van der Waals surface area contributed by atoms with Gasteiger partial charge in [-0.05, 0) is 95.0 Å².